The zero-order chi connectivity index (χ0) is 15.2. The minimum absolute atomic E-state index is 0.0528. The fourth-order valence-corrected chi connectivity index (χ4v) is 1.47. The molecule has 1 aromatic carbocycles. The van der Waals surface area contributed by atoms with E-state index in [4.69, 9.17) is 9.47 Å². The van der Waals surface area contributed by atoms with Crippen molar-refractivity contribution in [3.05, 3.63) is 56.9 Å². The maximum Gasteiger partial charge on any atom is 0.395 e. The lowest BCUT2D eigenvalue weighted by Crippen LogP contribution is -2.16. The summed E-state index contributed by atoms with van der Waals surface area (Å²) in [5.41, 5.74) is -1.66. The topological polar surface area (TPSA) is 107 Å². The van der Waals surface area contributed by atoms with Gasteiger partial charge in [0.25, 0.3) is 0 Å². The average molecular weight is 295 g/mol. The number of ether oxygens (including phenoxy) is 2. The molecule has 0 unspecified atom stereocenters. The number of nitro groups is 1. The van der Waals surface area contributed by atoms with Gasteiger partial charge in [0.1, 0.15) is 24.8 Å². The van der Waals surface area contributed by atoms with Gasteiger partial charge in [-0.2, -0.15) is 4.98 Å². The summed E-state index contributed by atoms with van der Waals surface area (Å²) in [5, 5.41) is 10.7. The van der Waals surface area contributed by atoms with Gasteiger partial charge in [-0.05, 0) is 24.3 Å². The van der Waals surface area contributed by atoms with Gasteiger partial charge in [-0.25, -0.2) is 4.39 Å². The Kier molecular flexibility index (Phi) is 4.44. The second-order valence-corrected chi connectivity index (χ2v) is 3.79. The summed E-state index contributed by atoms with van der Waals surface area (Å²) in [6, 6.07) is 5.34. The highest BCUT2D eigenvalue weighted by molar-refractivity contribution is 5.37. The number of aromatic nitrogens is 2. The highest BCUT2D eigenvalue weighted by Crippen LogP contribution is 2.17. The third-order valence-corrected chi connectivity index (χ3v) is 2.38. The van der Waals surface area contributed by atoms with E-state index in [-0.39, 0.29) is 24.9 Å². The Hall–Kier alpha value is -2.97. The van der Waals surface area contributed by atoms with Crippen LogP contribution in [0, 0.1) is 15.9 Å². The summed E-state index contributed by atoms with van der Waals surface area (Å²) in [6.45, 7) is -0.00800. The van der Waals surface area contributed by atoms with Crippen molar-refractivity contribution in [3.8, 4) is 11.6 Å². The van der Waals surface area contributed by atoms with Crippen LogP contribution >= 0.6 is 0 Å². The summed E-state index contributed by atoms with van der Waals surface area (Å²) in [4.78, 5) is 26.8. The lowest BCUT2D eigenvalue weighted by Gasteiger charge is -2.07. The van der Waals surface area contributed by atoms with Gasteiger partial charge < -0.3 is 14.5 Å². The zero-order valence-electron chi connectivity index (χ0n) is 10.6. The minimum Gasteiger partial charge on any atom is -0.490 e. The molecule has 110 valence electrons. The van der Waals surface area contributed by atoms with Crippen molar-refractivity contribution in [2.45, 2.75) is 0 Å². The van der Waals surface area contributed by atoms with Crippen molar-refractivity contribution < 1.29 is 18.8 Å². The van der Waals surface area contributed by atoms with Gasteiger partial charge in [0, 0.05) is 0 Å². The van der Waals surface area contributed by atoms with Crippen molar-refractivity contribution in [1.82, 2.24) is 9.97 Å². The lowest BCUT2D eigenvalue weighted by molar-refractivity contribution is -0.387. The molecule has 0 spiro atoms. The number of H-pyrrole nitrogens is 1. The number of benzene rings is 1. The smallest absolute Gasteiger partial charge is 0.395 e. The van der Waals surface area contributed by atoms with Crippen LogP contribution in [-0.4, -0.2) is 28.1 Å². The molecule has 0 aliphatic carbocycles. The molecule has 0 saturated carbocycles. The summed E-state index contributed by atoms with van der Waals surface area (Å²) >= 11 is 0. The van der Waals surface area contributed by atoms with E-state index < -0.39 is 16.2 Å². The molecule has 0 fully saturated rings. The first-order valence-electron chi connectivity index (χ1n) is 5.81. The Morgan fingerprint density at radius 2 is 1.90 bits per heavy atom. The number of halogens is 1. The van der Waals surface area contributed by atoms with Crippen LogP contribution in [0.5, 0.6) is 11.6 Å². The van der Waals surface area contributed by atoms with Gasteiger partial charge in [-0.1, -0.05) is 0 Å². The zero-order valence-corrected chi connectivity index (χ0v) is 10.6. The van der Waals surface area contributed by atoms with E-state index in [0.717, 1.165) is 6.33 Å². The summed E-state index contributed by atoms with van der Waals surface area (Å²) in [7, 11) is 0. The van der Waals surface area contributed by atoms with E-state index in [9.17, 15) is 19.3 Å². The van der Waals surface area contributed by atoms with E-state index in [1.54, 1.807) is 0 Å². The van der Waals surface area contributed by atoms with Crippen molar-refractivity contribution >= 4 is 5.69 Å². The minimum atomic E-state index is -0.899. The van der Waals surface area contributed by atoms with E-state index >= 15 is 0 Å². The largest absolute Gasteiger partial charge is 0.490 e. The maximum atomic E-state index is 12.7. The van der Waals surface area contributed by atoms with E-state index in [1.807, 2.05) is 0 Å². The fraction of sp³-hybridized carbons (Fsp3) is 0.167. The third-order valence-electron chi connectivity index (χ3n) is 2.38. The Labute approximate surface area is 117 Å². The first kappa shape index (κ1) is 14.4. The second-order valence-electron chi connectivity index (χ2n) is 3.79. The van der Waals surface area contributed by atoms with Crippen LogP contribution in [0.4, 0.5) is 10.1 Å². The van der Waals surface area contributed by atoms with Gasteiger partial charge >= 0.3 is 17.1 Å². The standard InChI is InChI=1S/C12H10FN3O5/c13-8-1-3-9(4-2-8)20-5-6-21-12-10(16(18)19)11(17)14-7-15-12/h1-4,7H,5-6H2,(H,14,15,17). The molecule has 0 radical (unpaired) electrons. The van der Waals surface area contributed by atoms with E-state index in [1.165, 1.54) is 24.3 Å². The predicted molar refractivity (Wildman–Crippen MR) is 68.9 cm³/mol. The molecule has 0 saturated heterocycles. The van der Waals surface area contributed by atoms with Crippen LogP contribution in [0.3, 0.4) is 0 Å². The highest BCUT2D eigenvalue weighted by Gasteiger charge is 2.21. The Morgan fingerprint density at radius 3 is 2.57 bits per heavy atom. The fourth-order valence-electron chi connectivity index (χ4n) is 1.47. The Bertz CT molecular complexity index is 686. The molecule has 0 amide bonds. The molecule has 9 heteroatoms. The average Bonchev–Trinajstić information content (AvgIpc) is 2.45. The second kappa shape index (κ2) is 6.46. The SMILES string of the molecule is O=c1[nH]cnc(OCCOc2ccc(F)cc2)c1[N+](=O)[O-]. The number of aromatic amines is 1. The van der Waals surface area contributed by atoms with E-state index in [0.29, 0.717) is 5.75 Å². The van der Waals surface area contributed by atoms with Crippen LogP contribution in [0.15, 0.2) is 35.4 Å². The molecule has 21 heavy (non-hydrogen) atoms. The summed E-state index contributed by atoms with van der Waals surface area (Å²) in [5.74, 6) is -0.346. The third kappa shape index (κ3) is 3.75. The first-order valence-corrected chi connectivity index (χ1v) is 5.81. The molecule has 0 aliphatic rings. The maximum absolute atomic E-state index is 12.7. The molecular weight excluding hydrogens is 285 g/mol. The monoisotopic (exact) mass is 295 g/mol. The number of nitrogens with one attached hydrogen (secondary N) is 1. The molecule has 2 aromatic rings. The van der Waals surface area contributed by atoms with Crippen LogP contribution in [-0.2, 0) is 0 Å². The van der Waals surface area contributed by atoms with Crippen molar-refractivity contribution in [1.29, 1.82) is 0 Å². The van der Waals surface area contributed by atoms with E-state index in [2.05, 4.69) is 9.97 Å². The molecular formula is C12H10FN3O5. The van der Waals surface area contributed by atoms with Crippen LogP contribution in [0.2, 0.25) is 0 Å². The Morgan fingerprint density at radius 1 is 1.24 bits per heavy atom. The number of nitrogens with zero attached hydrogens (tertiary/aromatic N) is 2. The number of hydrogen-bond acceptors (Lipinski definition) is 6. The molecule has 0 bridgehead atoms. The van der Waals surface area contributed by atoms with Gasteiger partial charge in [0.05, 0.1) is 11.3 Å². The highest BCUT2D eigenvalue weighted by atomic mass is 19.1. The van der Waals surface area contributed by atoms with Gasteiger partial charge in [-0.3, -0.25) is 14.9 Å². The van der Waals surface area contributed by atoms with Crippen LogP contribution in [0.25, 0.3) is 0 Å². The van der Waals surface area contributed by atoms with Crippen LogP contribution < -0.4 is 15.0 Å². The molecule has 2 rings (SSSR count). The first-order chi connectivity index (χ1) is 10.1. The van der Waals surface area contributed by atoms with Crippen molar-refractivity contribution in [3.63, 3.8) is 0 Å². The predicted octanol–water partition coefficient (Wildman–Crippen LogP) is 1.27. The quantitative estimate of drug-likeness (QED) is 0.488. The summed E-state index contributed by atoms with van der Waals surface area (Å²) < 4.78 is 23.0. The molecule has 1 N–H and O–H groups in total. The summed E-state index contributed by atoms with van der Waals surface area (Å²) in [6.07, 6.45) is 1.01. The molecule has 1 heterocycles. The normalized spacial score (nSPS) is 10.1. The molecule has 1 aromatic heterocycles. The van der Waals surface area contributed by atoms with Gasteiger partial charge in [-0.15, -0.1) is 0 Å². The lowest BCUT2D eigenvalue weighted by atomic mass is 10.3. The van der Waals surface area contributed by atoms with Crippen LogP contribution in [0.1, 0.15) is 0 Å². The Balaban J connectivity index is 1.92. The number of rotatable bonds is 6. The van der Waals surface area contributed by atoms with Crippen molar-refractivity contribution in [2.24, 2.45) is 0 Å². The van der Waals surface area contributed by atoms with Gasteiger partial charge in [0.15, 0.2) is 0 Å². The molecule has 8 nitrogen and oxygen atoms in total. The number of hydrogen-bond donors (Lipinski definition) is 1. The molecule has 0 atom stereocenters. The van der Waals surface area contributed by atoms with Gasteiger partial charge in [0.2, 0.25) is 0 Å². The molecule has 0 aliphatic heterocycles. The van der Waals surface area contributed by atoms with Crippen molar-refractivity contribution in [2.75, 3.05) is 13.2 Å².